The SMILES string of the molecule is Cc1ccc(-c2cc3ccccc3c[n+]2C)c(C)c1.Cc1ccccc1-c1cc2ccccc2c[n+]1C.[2H]C([2H])([2H])c1cc(C)cc(-c2c3ccc(C([2H])(C)C([2H])([2H])[2H])cc3cc[n+]2C)c1C.[2H]C([2H])([2H])c1cc(C)cc(-c2c3ccc(C([2H])(C)C)cc3cc[n+]2C)c1C.[2H]C([2H])([2H])c1cc(C)cc(-c2c3ccccc3cc[n+]2C)c1C. The second-order valence-corrected chi connectivity index (χ2v) is 28.0. The summed E-state index contributed by atoms with van der Waals surface area (Å²) >= 11 is 0. The maximum Gasteiger partial charge on any atom is 0.220 e. The summed E-state index contributed by atoms with van der Waals surface area (Å²) in [6.07, 6.45) is 10.3. The number of benzene rings is 10. The molecule has 518 valence electrons. The number of fused-ring (bicyclic) bond motifs is 5. The molecule has 0 spiro atoms. The largest absolute Gasteiger partial charge is 0.220 e. The first-order valence-corrected chi connectivity index (χ1v) is 35.2. The van der Waals surface area contributed by atoms with Gasteiger partial charge in [0.25, 0.3) is 0 Å². The number of aryl methyl sites for hydroxylation is 14. The van der Waals surface area contributed by atoms with Crippen molar-refractivity contribution in [3.05, 3.63) is 327 Å². The Morgan fingerprint density at radius 1 is 0.282 bits per heavy atom. The van der Waals surface area contributed by atoms with Crippen LogP contribution in [0.2, 0.25) is 0 Å². The van der Waals surface area contributed by atoms with Crippen LogP contribution in [-0.2, 0) is 35.2 Å². The number of hydrogen-bond acceptors (Lipinski definition) is 0. The minimum atomic E-state index is -2.45. The topological polar surface area (TPSA) is 19.4 Å². The zero-order chi connectivity index (χ0) is 85.5. The van der Waals surface area contributed by atoms with Crippen LogP contribution in [0.15, 0.2) is 249 Å². The Kier molecular flexibility index (Phi) is 17.5. The van der Waals surface area contributed by atoms with E-state index in [-0.39, 0.29) is 0 Å². The molecule has 0 amide bonds. The molecule has 0 radical (unpaired) electrons. The van der Waals surface area contributed by atoms with E-state index in [1.807, 2.05) is 153 Å². The summed E-state index contributed by atoms with van der Waals surface area (Å²) < 4.78 is 121. The summed E-state index contributed by atoms with van der Waals surface area (Å²) in [7, 11) is 10.1. The zero-order valence-electron chi connectivity index (χ0n) is 76.9. The Morgan fingerprint density at radius 2 is 0.650 bits per heavy atom. The molecule has 0 aliphatic carbocycles. The van der Waals surface area contributed by atoms with Crippen molar-refractivity contribution >= 4 is 53.9 Å². The molecule has 0 aliphatic rings. The maximum absolute atomic E-state index is 8.38. The summed E-state index contributed by atoms with van der Waals surface area (Å²) in [6.45, 7) is 14.1. The lowest BCUT2D eigenvalue weighted by Gasteiger charge is -2.12. The van der Waals surface area contributed by atoms with Crippen LogP contribution in [0, 0.1) is 82.9 Å². The zero-order valence-corrected chi connectivity index (χ0v) is 62.9. The van der Waals surface area contributed by atoms with Crippen molar-refractivity contribution in [2.75, 3.05) is 0 Å². The van der Waals surface area contributed by atoms with Gasteiger partial charge in [0.15, 0.2) is 31.0 Å². The third-order valence-electron chi connectivity index (χ3n) is 19.8. The number of nitrogens with zero attached hydrogens (tertiary/aromatic N) is 5. The number of rotatable bonds is 7. The van der Waals surface area contributed by atoms with Gasteiger partial charge in [0, 0.05) is 71.4 Å². The van der Waals surface area contributed by atoms with Gasteiger partial charge in [0.2, 0.25) is 28.5 Å². The summed E-state index contributed by atoms with van der Waals surface area (Å²) in [5.41, 5.74) is 22.3. The summed E-state index contributed by atoms with van der Waals surface area (Å²) in [6, 6.07) is 73.6. The molecule has 10 aromatic carbocycles. The summed E-state index contributed by atoms with van der Waals surface area (Å²) in [5.74, 6) is -2.40. The first-order chi connectivity index (χ1) is 54.7. The molecule has 5 heterocycles. The third-order valence-corrected chi connectivity index (χ3v) is 19.8. The molecule has 0 saturated carbocycles. The molecule has 5 heteroatoms. The van der Waals surface area contributed by atoms with Gasteiger partial charge < -0.3 is 0 Å². The fourth-order valence-electron chi connectivity index (χ4n) is 14.0. The molecule has 1 atom stereocenters. The molecule has 5 aromatic heterocycles. The quantitative estimate of drug-likeness (QED) is 0.142. The van der Waals surface area contributed by atoms with Crippen LogP contribution < -0.4 is 22.8 Å². The average Bonchev–Trinajstić information content (AvgIpc) is 0.756. The van der Waals surface area contributed by atoms with Gasteiger partial charge in [-0.25, -0.2) is 22.8 Å². The molecule has 0 bridgehead atoms. The molecular weight excluding hydrogens is 1250 g/mol. The monoisotopic (exact) mass is 1370 g/mol. The average molecular weight is 1370 g/mol. The van der Waals surface area contributed by atoms with E-state index in [1.165, 1.54) is 67.7 Å². The van der Waals surface area contributed by atoms with Crippen LogP contribution in [-0.4, -0.2) is 0 Å². The van der Waals surface area contributed by atoms with Crippen molar-refractivity contribution < 1.29 is 42.0 Å². The van der Waals surface area contributed by atoms with Crippen molar-refractivity contribution in [3.8, 4) is 56.3 Å². The van der Waals surface area contributed by atoms with Gasteiger partial charge in [0.05, 0.1) is 32.8 Å². The number of aromatic nitrogens is 5. The second-order valence-electron chi connectivity index (χ2n) is 28.0. The van der Waals surface area contributed by atoms with Crippen molar-refractivity contribution in [1.29, 1.82) is 0 Å². The Morgan fingerprint density at radius 3 is 1.07 bits per heavy atom. The van der Waals surface area contributed by atoms with Crippen LogP contribution in [0.3, 0.4) is 0 Å². The molecule has 15 aromatic rings. The molecule has 15 rings (SSSR count). The fraction of sp³-hybridized carbons (Fsp3) is 0.235. The van der Waals surface area contributed by atoms with Gasteiger partial charge >= 0.3 is 0 Å². The van der Waals surface area contributed by atoms with Gasteiger partial charge in [-0.1, -0.05) is 177 Å². The van der Waals surface area contributed by atoms with Crippen LogP contribution in [0.1, 0.15) is 136 Å². The molecule has 0 fully saturated rings. The lowest BCUT2D eigenvalue weighted by atomic mass is 9.93. The molecule has 0 saturated heterocycles. The predicted octanol–water partition coefficient (Wildman–Crippen LogP) is 22.6. The Bertz CT molecular complexity index is 6280. The minimum absolute atomic E-state index is 0.326. The molecular formula is C98H106N5+5. The van der Waals surface area contributed by atoms with Gasteiger partial charge in [-0.3, -0.25) is 0 Å². The van der Waals surface area contributed by atoms with Crippen LogP contribution in [0.25, 0.3) is 110 Å². The Hall–Kier alpha value is -10.8. The van der Waals surface area contributed by atoms with Crippen molar-refractivity contribution in [2.45, 2.75) is 122 Å². The maximum atomic E-state index is 8.38. The third kappa shape index (κ3) is 16.3. The normalized spacial score (nSPS) is 14.3. The highest BCUT2D eigenvalue weighted by atomic mass is 14.9. The van der Waals surface area contributed by atoms with Crippen LogP contribution >= 0.6 is 0 Å². The van der Waals surface area contributed by atoms with Crippen molar-refractivity contribution in [2.24, 2.45) is 35.2 Å². The minimum Gasteiger partial charge on any atom is -0.200 e. The van der Waals surface area contributed by atoms with E-state index in [1.54, 1.807) is 30.3 Å². The van der Waals surface area contributed by atoms with Gasteiger partial charge in [-0.05, 0) is 238 Å². The van der Waals surface area contributed by atoms with E-state index in [2.05, 4.69) is 200 Å². The van der Waals surface area contributed by atoms with Crippen molar-refractivity contribution in [3.63, 3.8) is 0 Å². The van der Waals surface area contributed by atoms with Gasteiger partial charge in [-0.2, -0.15) is 0 Å². The molecule has 1 unspecified atom stereocenters. The van der Waals surface area contributed by atoms with Crippen LogP contribution in [0.5, 0.6) is 0 Å². The molecule has 0 aliphatic heterocycles. The highest BCUT2D eigenvalue weighted by Crippen LogP contribution is 2.36. The standard InChI is InChI=1S/2C22H26N.C19H20N.C18H18N.C17H16N/c2*1-14(2)18-7-8-20-19(13-18)9-10-23(6)22(20)21-12-15(3)11-16(4)17(21)5;1-13-11-14(2)15(3)18(12-13)19-17-8-6-5-7-16(17)9-10-20(19)4;1-13-8-9-17(14(2)10-13)18-11-15-6-4-5-7-16(15)12-19(18)3;1-13-7-3-6-10-16(13)17-11-14-8-4-5-9-15(14)12-18(17)2/h2*7-14H,1-6H3;5-12H,1-4H3;4-12H,1-3H3;3-12H,1-2H3/q5*+1/i1D3,4D3,14D;4D3,14D;2D3;;. The van der Waals surface area contributed by atoms with E-state index in [9.17, 15) is 0 Å². The summed E-state index contributed by atoms with van der Waals surface area (Å²) in [5, 5.41) is 11.2. The van der Waals surface area contributed by atoms with E-state index < -0.39 is 39.2 Å². The molecule has 5 nitrogen and oxygen atoms in total. The van der Waals surface area contributed by atoms with E-state index >= 15 is 0 Å². The first-order valence-electron chi connectivity index (χ1n) is 42.2. The number of pyridine rings is 5. The van der Waals surface area contributed by atoms with E-state index in [4.69, 9.17) is 19.2 Å². The molecule has 103 heavy (non-hydrogen) atoms. The predicted molar refractivity (Wildman–Crippen MR) is 438 cm³/mol. The fourth-order valence-corrected chi connectivity index (χ4v) is 14.0. The number of hydrogen-bond donors (Lipinski definition) is 0. The van der Waals surface area contributed by atoms with Gasteiger partial charge in [-0.15, -0.1) is 0 Å². The second kappa shape index (κ2) is 31.6. The van der Waals surface area contributed by atoms with Crippen LogP contribution in [0.4, 0.5) is 0 Å². The van der Waals surface area contributed by atoms with Gasteiger partial charge in [0.1, 0.15) is 35.2 Å². The smallest absolute Gasteiger partial charge is 0.200 e. The highest BCUT2D eigenvalue weighted by molar-refractivity contribution is 5.97. The van der Waals surface area contributed by atoms with Crippen molar-refractivity contribution in [1.82, 2.24) is 0 Å². The first kappa shape index (κ1) is 56.8. The Balaban J connectivity index is 0.000000145. The van der Waals surface area contributed by atoms with E-state index in [0.29, 0.717) is 27.8 Å². The van der Waals surface area contributed by atoms with E-state index in [0.717, 1.165) is 99.5 Å². The lowest BCUT2D eigenvalue weighted by Crippen LogP contribution is -2.30. The lowest BCUT2D eigenvalue weighted by molar-refractivity contribution is -0.659. The highest BCUT2D eigenvalue weighted by Gasteiger charge is 2.23. The summed E-state index contributed by atoms with van der Waals surface area (Å²) in [4.78, 5) is 0. The molecule has 0 N–H and O–H groups in total. The Labute approximate surface area is 634 Å².